The third-order valence-electron chi connectivity index (χ3n) is 5.69. The molecule has 6 heteroatoms. The second kappa shape index (κ2) is 8.35. The molecule has 2 aromatic carbocycles. The van der Waals surface area contributed by atoms with E-state index < -0.39 is 5.97 Å². The van der Waals surface area contributed by atoms with Crippen LogP contribution in [0.1, 0.15) is 27.2 Å². The number of carbonyl (C=O) groups excluding carboxylic acids is 1. The van der Waals surface area contributed by atoms with Crippen LogP contribution in [0.5, 0.6) is 0 Å². The Bertz CT molecular complexity index is 1430. The molecule has 0 fully saturated rings. The van der Waals surface area contributed by atoms with Crippen molar-refractivity contribution in [2.45, 2.75) is 13.3 Å². The van der Waals surface area contributed by atoms with Crippen molar-refractivity contribution in [1.82, 2.24) is 14.0 Å². The molecular formula is C25H20N3NaO2. The van der Waals surface area contributed by atoms with Crippen LogP contribution in [-0.4, -0.2) is 19.9 Å². The van der Waals surface area contributed by atoms with E-state index in [0.29, 0.717) is 17.7 Å². The Kier molecular flexibility index (Phi) is 5.75. The number of carboxylic acids is 1. The number of hydrogen-bond acceptors (Lipinski definition) is 3. The summed E-state index contributed by atoms with van der Waals surface area (Å²) in [4.78, 5) is 16.6. The number of pyridine rings is 1. The first kappa shape index (κ1) is 21.4. The number of aromatic carboxylic acids is 1. The average Bonchev–Trinajstić information content (AvgIpc) is 3.27. The molecule has 0 saturated carbocycles. The fourth-order valence-corrected chi connectivity index (χ4v) is 4.35. The molecule has 0 aliphatic rings. The van der Waals surface area contributed by atoms with Crippen molar-refractivity contribution in [2.75, 3.05) is 0 Å². The summed E-state index contributed by atoms with van der Waals surface area (Å²) in [6.45, 7) is 2.12. The molecule has 5 nitrogen and oxygen atoms in total. The van der Waals surface area contributed by atoms with E-state index in [1.807, 2.05) is 41.9 Å². The number of carbonyl (C=O) groups is 1. The fraction of sp³-hybridized carbons (Fsp3) is 0.120. The van der Waals surface area contributed by atoms with Crippen LogP contribution >= 0.6 is 0 Å². The van der Waals surface area contributed by atoms with E-state index in [1.165, 1.54) is 22.0 Å². The van der Waals surface area contributed by atoms with Crippen LogP contribution in [0.3, 0.4) is 0 Å². The number of benzene rings is 2. The Labute approximate surface area is 202 Å². The van der Waals surface area contributed by atoms with Gasteiger partial charge >= 0.3 is 29.6 Å². The molecule has 0 bridgehead atoms. The number of carboxylic acid groups (broad SMARTS) is 1. The van der Waals surface area contributed by atoms with E-state index >= 15 is 0 Å². The molecule has 0 unspecified atom stereocenters. The topological polar surface area (TPSA) is 62.4 Å². The van der Waals surface area contributed by atoms with E-state index in [0.717, 1.165) is 11.3 Å². The quantitative estimate of drug-likeness (QED) is 0.406. The molecule has 0 aliphatic heterocycles. The summed E-state index contributed by atoms with van der Waals surface area (Å²) in [6.07, 6.45) is 4.75. The van der Waals surface area contributed by atoms with Crippen molar-refractivity contribution in [3.63, 3.8) is 0 Å². The van der Waals surface area contributed by atoms with Crippen molar-refractivity contribution in [1.29, 1.82) is 0 Å². The Morgan fingerprint density at radius 2 is 1.81 bits per heavy atom. The Balaban J connectivity index is 0.00000231. The maximum atomic E-state index is 11.8. The molecule has 3 heterocycles. The Hall–Kier alpha value is -2.86. The predicted molar refractivity (Wildman–Crippen MR) is 115 cm³/mol. The molecule has 5 aromatic rings. The van der Waals surface area contributed by atoms with E-state index in [9.17, 15) is 9.90 Å². The molecule has 0 saturated heterocycles. The second-order valence-corrected chi connectivity index (χ2v) is 7.58. The summed E-state index contributed by atoms with van der Waals surface area (Å²) >= 11 is 0. The summed E-state index contributed by atoms with van der Waals surface area (Å²) in [6, 6.07) is 19.0. The molecule has 148 valence electrons. The Morgan fingerprint density at radius 1 is 1.03 bits per heavy atom. The number of imidazole rings is 1. The van der Waals surface area contributed by atoms with Crippen LogP contribution in [0.25, 0.3) is 27.8 Å². The molecule has 31 heavy (non-hydrogen) atoms. The first-order chi connectivity index (χ1) is 14.5. The van der Waals surface area contributed by atoms with Crippen LogP contribution in [0, 0.1) is 6.92 Å². The standard InChI is InChI=1S/C25H21N3O2.Na/c1-16-8-7-11-20-23(16)17(15-27(20)2)14-21-24(26-22-12-5-6-13-28(21)22)18-9-3-4-10-19(18)25(29)30;/h3-13,15H,14H2,1-2H3,(H,29,30);/q;+1/p-1. The third-order valence-corrected chi connectivity index (χ3v) is 5.69. The van der Waals surface area contributed by atoms with Gasteiger partial charge in [-0.25, -0.2) is 4.98 Å². The van der Waals surface area contributed by atoms with Gasteiger partial charge in [-0.05, 0) is 36.2 Å². The van der Waals surface area contributed by atoms with Gasteiger partial charge in [-0.2, -0.15) is 0 Å². The third kappa shape index (κ3) is 3.59. The van der Waals surface area contributed by atoms with Crippen molar-refractivity contribution in [3.05, 3.63) is 95.4 Å². The van der Waals surface area contributed by atoms with Gasteiger partial charge in [0.25, 0.3) is 0 Å². The molecule has 0 aliphatic carbocycles. The SMILES string of the molecule is Cc1cccc2c1c(Cc1c(-c3ccccc3C(=O)[O-])nc3ccccn13)cn2C.[Na+]. The minimum atomic E-state index is -1.20. The van der Waals surface area contributed by atoms with Gasteiger partial charge in [0.05, 0.1) is 17.4 Å². The van der Waals surface area contributed by atoms with Crippen molar-refractivity contribution in [2.24, 2.45) is 7.05 Å². The number of hydrogen-bond donors (Lipinski definition) is 0. The first-order valence-corrected chi connectivity index (χ1v) is 9.85. The molecule has 0 spiro atoms. The van der Waals surface area contributed by atoms with Crippen LogP contribution in [0.2, 0.25) is 0 Å². The largest absolute Gasteiger partial charge is 1.00 e. The summed E-state index contributed by atoms with van der Waals surface area (Å²) in [7, 11) is 2.05. The number of nitrogens with zero attached hydrogens (tertiary/aromatic N) is 3. The molecule has 0 N–H and O–H groups in total. The fourth-order valence-electron chi connectivity index (χ4n) is 4.35. The van der Waals surface area contributed by atoms with Crippen molar-refractivity contribution < 1.29 is 39.5 Å². The van der Waals surface area contributed by atoms with Crippen LogP contribution in [0.15, 0.2) is 73.1 Å². The van der Waals surface area contributed by atoms with E-state index in [1.54, 1.807) is 18.2 Å². The number of rotatable bonds is 4. The minimum absolute atomic E-state index is 0. The minimum Gasteiger partial charge on any atom is -0.545 e. The first-order valence-electron chi connectivity index (χ1n) is 9.85. The molecular weight excluding hydrogens is 397 g/mol. The van der Waals surface area contributed by atoms with Gasteiger partial charge in [-0.15, -0.1) is 0 Å². The summed E-state index contributed by atoms with van der Waals surface area (Å²) in [5, 5.41) is 13.0. The van der Waals surface area contributed by atoms with Gasteiger partial charge in [-0.1, -0.05) is 42.5 Å². The van der Waals surface area contributed by atoms with Crippen LogP contribution < -0.4 is 34.7 Å². The maximum absolute atomic E-state index is 11.8. The maximum Gasteiger partial charge on any atom is 1.00 e. The predicted octanol–water partition coefficient (Wildman–Crippen LogP) is 0.760. The smallest absolute Gasteiger partial charge is 0.545 e. The van der Waals surface area contributed by atoms with E-state index in [4.69, 9.17) is 4.98 Å². The molecule has 5 rings (SSSR count). The Morgan fingerprint density at radius 3 is 2.61 bits per heavy atom. The molecule has 0 radical (unpaired) electrons. The number of fused-ring (bicyclic) bond motifs is 2. The van der Waals surface area contributed by atoms with Gasteiger partial charge < -0.3 is 18.9 Å². The summed E-state index contributed by atoms with van der Waals surface area (Å²) < 4.78 is 4.17. The van der Waals surface area contributed by atoms with E-state index in [-0.39, 0.29) is 35.1 Å². The van der Waals surface area contributed by atoms with Crippen molar-refractivity contribution >= 4 is 22.5 Å². The van der Waals surface area contributed by atoms with Crippen LogP contribution in [-0.2, 0) is 13.5 Å². The average molecular weight is 417 g/mol. The van der Waals surface area contributed by atoms with Gasteiger partial charge in [0, 0.05) is 47.9 Å². The van der Waals surface area contributed by atoms with Gasteiger partial charge in [0.15, 0.2) is 0 Å². The van der Waals surface area contributed by atoms with Crippen LogP contribution in [0.4, 0.5) is 0 Å². The summed E-state index contributed by atoms with van der Waals surface area (Å²) in [5.41, 5.74) is 6.71. The number of aryl methyl sites for hydroxylation is 2. The zero-order chi connectivity index (χ0) is 20.8. The zero-order valence-electron chi connectivity index (χ0n) is 17.8. The van der Waals surface area contributed by atoms with E-state index in [2.05, 4.69) is 35.9 Å². The normalized spacial score (nSPS) is 11.0. The molecule has 0 amide bonds. The van der Waals surface area contributed by atoms with Crippen molar-refractivity contribution in [3.8, 4) is 11.3 Å². The second-order valence-electron chi connectivity index (χ2n) is 7.58. The summed E-state index contributed by atoms with van der Waals surface area (Å²) in [5.74, 6) is -1.20. The molecule has 0 atom stereocenters. The monoisotopic (exact) mass is 417 g/mol. The van der Waals surface area contributed by atoms with Gasteiger partial charge in [0.2, 0.25) is 0 Å². The number of aromatic nitrogens is 3. The zero-order valence-corrected chi connectivity index (χ0v) is 19.8. The van der Waals surface area contributed by atoms with Gasteiger partial charge in [-0.3, -0.25) is 0 Å². The molecule has 3 aromatic heterocycles. The van der Waals surface area contributed by atoms with Gasteiger partial charge in [0.1, 0.15) is 5.65 Å².